The minimum absolute atomic E-state index is 0.0421. The summed E-state index contributed by atoms with van der Waals surface area (Å²) in [5, 5.41) is 13.6. The number of methoxy groups -OCH3 is 1. The fraction of sp³-hybridized carbons (Fsp3) is 0.318. The molecular weight excluding hydrogens is 394 g/mol. The second kappa shape index (κ2) is 7.72. The van der Waals surface area contributed by atoms with Crippen molar-refractivity contribution in [3.05, 3.63) is 60.2 Å². The predicted molar refractivity (Wildman–Crippen MR) is 112 cm³/mol. The van der Waals surface area contributed by atoms with Gasteiger partial charge in [-0.3, -0.25) is 4.79 Å². The molecule has 0 aromatic carbocycles. The van der Waals surface area contributed by atoms with Gasteiger partial charge in [0.25, 0.3) is 5.91 Å². The topological polar surface area (TPSA) is 100 Å². The van der Waals surface area contributed by atoms with E-state index in [-0.39, 0.29) is 18.0 Å². The normalized spacial score (nSPS) is 19.9. The number of rotatable bonds is 4. The van der Waals surface area contributed by atoms with E-state index in [0.717, 1.165) is 12.8 Å². The van der Waals surface area contributed by atoms with Crippen LogP contribution in [0.25, 0.3) is 5.82 Å². The molecule has 0 saturated carbocycles. The van der Waals surface area contributed by atoms with Crippen molar-refractivity contribution in [3.63, 3.8) is 0 Å². The fourth-order valence-corrected chi connectivity index (χ4v) is 4.56. The van der Waals surface area contributed by atoms with Gasteiger partial charge in [-0.05, 0) is 37.1 Å². The average Bonchev–Trinajstić information content (AvgIpc) is 3.38. The number of piperazine rings is 1. The van der Waals surface area contributed by atoms with Crippen molar-refractivity contribution < 1.29 is 9.53 Å². The highest BCUT2D eigenvalue weighted by Gasteiger charge is 2.43. The molecule has 3 aromatic heterocycles. The van der Waals surface area contributed by atoms with Crippen molar-refractivity contribution in [2.45, 2.75) is 24.9 Å². The molecule has 6 heterocycles. The number of nitrogens with zero attached hydrogens (tertiary/aromatic N) is 7. The number of ether oxygens (including phenoxy) is 1. The summed E-state index contributed by atoms with van der Waals surface area (Å²) in [4.78, 5) is 26.5. The summed E-state index contributed by atoms with van der Waals surface area (Å²) < 4.78 is 7.12. The monoisotopic (exact) mass is 415 g/mol. The Labute approximate surface area is 179 Å². The Morgan fingerprint density at radius 2 is 1.94 bits per heavy atom. The van der Waals surface area contributed by atoms with Gasteiger partial charge in [0, 0.05) is 50.0 Å². The highest BCUT2D eigenvalue weighted by molar-refractivity contribution is 5.97. The zero-order chi connectivity index (χ0) is 21.4. The predicted octanol–water partition coefficient (Wildman–Crippen LogP) is 2.04. The van der Waals surface area contributed by atoms with E-state index in [2.05, 4.69) is 26.0 Å². The lowest BCUT2D eigenvalue weighted by Gasteiger charge is -2.52. The Hall–Kier alpha value is -3.93. The van der Waals surface area contributed by atoms with Crippen LogP contribution in [0.15, 0.2) is 49.1 Å². The minimum Gasteiger partial charge on any atom is -0.492 e. The van der Waals surface area contributed by atoms with E-state index < -0.39 is 0 Å². The molecule has 1 amide bonds. The molecule has 2 bridgehead atoms. The summed E-state index contributed by atoms with van der Waals surface area (Å²) in [6, 6.07) is 9.35. The van der Waals surface area contributed by atoms with Gasteiger partial charge in [0.2, 0.25) is 0 Å². The van der Waals surface area contributed by atoms with E-state index in [4.69, 9.17) is 4.74 Å². The summed E-state index contributed by atoms with van der Waals surface area (Å²) in [5.41, 5.74) is 0.994. The Kier molecular flexibility index (Phi) is 4.75. The molecule has 6 rings (SSSR count). The van der Waals surface area contributed by atoms with Crippen molar-refractivity contribution in [2.75, 3.05) is 25.1 Å². The third kappa shape index (κ3) is 3.17. The van der Waals surface area contributed by atoms with Crippen LogP contribution in [0.4, 0.5) is 5.82 Å². The first-order valence-electron chi connectivity index (χ1n) is 10.2. The van der Waals surface area contributed by atoms with Crippen LogP contribution < -0.4 is 9.64 Å². The van der Waals surface area contributed by atoms with Gasteiger partial charge in [0.1, 0.15) is 6.07 Å². The first-order valence-corrected chi connectivity index (χ1v) is 10.2. The molecule has 3 fully saturated rings. The molecule has 31 heavy (non-hydrogen) atoms. The fourth-order valence-electron chi connectivity index (χ4n) is 4.56. The molecule has 9 nitrogen and oxygen atoms in total. The van der Waals surface area contributed by atoms with E-state index in [0.29, 0.717) is 41.6 Å². The van der Waals surface area contributed by atoms with E-state index in [9.17, 15) is 10.1 Å². The van der Waals surface area contributed by atoms with Crippen molar-refractivity contribution in [1.29, 1.82) is 5.26 Å². The summed E-state index contributed by atoms with van der Waals surface area (Å²) in [6.07, 6.45) is 8.62. The van der Waals surface area contributed by atoms with Crippen molar-refractivity contribution in [2.24, 2.45) is 0 Å². The van der Waals surface area contributed by atoms with Crippen LogP contribution in [0.5, 0.6) is 5.75 Å². The molecular formula is C22H21N7O2. The Morgan fingerprint density at radius 3 is 2.65 bits per heavy atom. The Balaban J connectivity index is 1.44. The number of nitriles is 1. The van der Waals surface area contributed by atoms with Crippen molar-refractivity contribution in [3.8, 4) is 17.6 Å². The highest BCUT2D eigenvalue weighted by atomic mass is 16.5. The smallest absolute Gasteiger partial charge is 0.258 e. The van der Waals surface area contributed by atoms with Gasteiger partial charge >= 0.3 is 0 Å². The van der Waals surface area contributed by atoms with Gasteiger partial charge in [0.15, 0.2) is 17.4 Å². The number of carbonyl (C=O) groups excluding carboxylic acids is 1. The first-order chi connectivity index (χ1) is 15.2. The SMILES string of the molecule is COc1c(C#N)ccnc1N1CC2CCC1CN2C(=O)c1cccnc1-n1cccn1. The molecule has 2 unspecified atom stereocenters. The molecule has 3 saturated heterocycles. The molecule has 0 aliphatic carbocycles. The van der Waals surface area contributed by atoms with Crippen molar-refractivity contribution >= 4 is 11.7 Å². The minimum atomic E-state index is -0.0429. The van der Waals surface area contributed by atoms with Crippen LogP contribution in [-0.4, -0.2) is 62.8 Å². The largest absolute Gasteiger partial charge is 0.492 e. The number of anilines is 1. The standard InChI is InChI=1S/C22H21N7O2/c1-31-19-15(12-23)7-10-25-21(19)27-13-17-6-5-16(27)14-28(17)22(30)18-4-2-8-24-20(18)29-11-3-9-26-29/h2-4,7-11,16-17H,5-6,13-14H2,1H3. The molecule has 2 atom stereocenters. The van der Waals surface area contributed by atoms with Crippen LogP contribution in [0.2, 0.25) is 0 Å². The molecule has 156 valence electrons. The summed E-state index contributed by atoms with van der Waals surface area (Å²) in [7, 11) is 1.55. The lowest BCUT2D eigenvalue weighted by atomic mass is 9.90. The third-order valence-electron chi connectivity index (χ3n) is 6.01. The van der Waals surface area contributed by atoms with Crippen LogP contribution in [0.1, 0.15) is 28.8 Å². The van der Waals surface area contributed by atoms with E-state index in [1.807, 2.05) is 4.90 Å². The summed E-state index contributed by atoms with van der Waals surface area (Å²) in [5.74, 6) is 1.64. The number of pyridine rings is 2. The number of carbonyl (C=O) groups is 1. The number of fused-ring (bicyclic) bond motifs is 3. The zero-order valence-electron chi connectivity index (χ0n) is 17.0. The number of amides is 1. The van der Waals surface area contributed by atoms with E-state index in [1.54, 1.807) is 60.8 Å². The molecule has 9 heteroatoms. The van der Waals surface area contributed by atoms with Crippen LogP contribution in [-0.2, 0) is 0 Å². The van der Waals surface area contributed by atoms with Gasteiger partial charge in [-0.15, -0.1) is 0 Å². The molecule has 3 aliphatic rings. The maximum absolute atomic E-state index is 13.5. The van der Waals surface area contributed by atoms with Crippen LogP contribution in [0.3, 0.4) is 0 Å². The second-order valence-electron chi connectivity index (χ2n) is 7.65. The van der Waals surface area contributed by atoms with Crippen LogP contribution >= 0.6 is 0 Å². The molecule has 0 spiro atoms. The Bertz CT molecular complexity index is 1150. The lowest BCUT2D eigenvalue weighted by Crippen LogP contribution is -2.64. The number of hydrogen-bond donors (Lipinski definition) is 0. The number of hydrogen-bond acceptors (Lipinski definition) is 7. The second-order valence-corrected chi connectivity index (χ2v) is 7.65. The van der Waals surface area contributed by atoms with Gasteiger partial charge in [0.05, 0.1) is 18.2 Å². The molecule has 0 N–H and O–H groups in total. The van der Waals surface area contributed by atoms with E-state index >= 15 is 0 Å². The zero-order valence-corrected chi connectivity index (χ0v) is 17.0. The van der Waals surface area contributed by atoms with Crippen LogP contribution in [0, 0.1) is 11.3 Å². The third-order valence-corrected chi connectivity index (χ3v) is 6.01. The quantitative estimate of drug-likeness (QED) is 0.643. The lowest BCUT2D eigenvalue weighted by molar-refractivity contribution is 0.0503. The Morgan fingerprint density at radius 1 is 1.10 bits per heavy atom. The van der Waals surface area contributed by atoms with Gasteiger partial charge in [-0.1, -0.05) is 0 Å². The summed E-state index contributed by atoms with van der Waals surface area (Å²) in [6.45, 7) is 1.23. The van der Waals surface area contributed by atoms with Gasteiger partial charge in [-0.2, -0.15) is 10.4 Å². The van der Waals surface area contributed by atoms with Gasteiger partial charge in [-0.25, -0.2) is 14.6 Å². The van der Waals surface area contributed by atoms with E-state index in [1.165, 1.54) is 0 Å². The van der Waals surface area contributed by atoms with Gasteiger partial charge < -0.3 is 14.5 Å². The molecule has 3 aliphatic heterocycles. The first kappa shape index (κ1) is 19.1. The summed E-state index contributed by atoms with van der Waals surface area (Å²) >= 11 is 0. The molecule has 0 radical (unpaired) electrons. The number of aromatic nitrogens is 4. The highest BCUT2D eigenvalue weighted by Crippen LogP contribution is 2.38. The average molecular weight is 415 g/mol. The maximum atomic E-state index is 13.5. The molecule has 3 aromatic rings. The van der Waals surface area contributed by atoms with Crippen molar-refractivity contribution in [1.82, 2.24) is 24.6 Å². The maximum Gasteiger partial charge on any atom is 0.258 e. The number of piperidine rings is 2.